The van der Waals surface area contributed by atoms with E-state index in [1.807, 2.05) is 0 Å². The van der Waals surface area contributed by atoms with Gasteiger partial charge in [0, 0.05) is 6.08 Å². The smallest absolute Gasteiger partial charge is 0.330 e. The minimum absolute atomic E-state index is 0.0757. The molecule has 98 valence electrons. The lowest BCUT2D eigenvalue weighted by Crippen LogP contribution is -1.98. The number of esters is 1. The summed E-state index contributed by atoms with van der Waals surface area (Å²) in [5, 5.41) is 9.71. The number of benzene rings is 1. The largest absolute Gasteiger partial charge is 0.502 e. The van der Waals surface area contributed by atoms with Crippen LogP contribution in [-0.4, -0.2) is 31.9 Å². The number of phenolic OH excluding ortho intramolecular Hbond substituents is 1. The number of rotatable bonds is 5. The van der Waals surface area contributed by atoms with E-state index in [-0.39, 0.29) is 17.2 Å². The Morgan fingerprint density at radius 2 is 1.83 bits per heavy atom. The molecule has 0 aromatic heterocycles. The monoisotopic (exact) mass is 252 g/mol. The molecule has 0 fully saturated rings. The molecule has 18 heavy (non-hydrogen) atoms. The van der Waals surface area contributed by atoms with Crippen molar-refractivity contribution in [2.45, 2.75) is 6.92 Å². The first-order valence-electron chi connectivity index (χ1n) is 5.42. The van der Waals surface area contributed by atoms with Crippen LogP contribution in [0.4, 0.5) is 0 Å². The number of ether oxygens (including phenoxy) is 3. The zero-order chi connectivity index (χ0) is 13.5. The Kier molecular flexibility index (Phi) is 5.05. The predicted octanol–water partition coefficient (Wildman–Crippen LogP) is 1.99. The van der Waals surface area contributed by atoms with Gasteiger partial charge in [0.2, 0.25) is 5.75 Å². The molecule has 0 atom stereocenters. The molecule has 0 aliphatic carbocycles. The lowest BCUT2D eigenvalue weighted by molar-refractivity contribution is -0.137. The third kappa shape index (κ3) is 3.41. The Hall–Kier alpha value is -2.17. The number of aromatic hydroxyl groups is 1. The van der Waals surface area contributed by atoms with E-state index in [4.69, 9.17) is 14.2 Å². The molecule has 0 radical (unpaired) electrons. The maximum absolute atomic E-state index is 11.2. The van der Waals surface area contributed by atoms with Crippen molar-refractivity contribution in [2.75, 3.05) is 20.8 Å². The van der Waals surface area contributed by atoms with Crippen molar-refractivity contribution in [3.63, 3.8) is 0 Å². The Morgan fingerprint density at radius 3 is 2.28 bits per heavy atom. The third-order valence-electron chi connectivity index (χ3n) is 2.20. The summed E-state index contributed by atoms with van der Waals surface area (Å²) in [4.78, 5) is 11.2. The van der Waals surface area contributed by atoms with Gasteiger partial charge in [-0.15, -0.1) is 0 Å². The Balaban J connectivity index is 2.99. The summed E-state index contributed by atoms with van der Waals surface area (Å²) >= 11 is 0. The Morgan fingerprint density at radius 1 is 1.28 bits per heavy atom. The fourth-order valence-electron chi connectivity index (χ4n) is 1.36. The van der Waals surface area contributed by atoms with Crippen LogP contribution in [-0.2, 0) is 9.53 Å². The van der Waals surface area contributed by atoms with Crippen LogP contribution >= 0.6 is 0 Å². The quantitative estimate of drug-likeness (QED) is 0.641. The summed E-state index contributed by atoms with van der Waals surface area (Å²) in [5.41, 5.74) is 0.662. The van der Waals surface area contributed by atoms with Crippen molar-refractivity contribution in [3.8, 4) is 17.2 Å². The minimum Gasteiger partial charge on any atom is -0.502 e. The van der Waals surface area contributed by atoms with Gasteiger partial charge in [-0.25, -0.2) is 4.79 Å². The van der Waals surface area contributed by atoms with E-state index in [2.05, 4.69) is 0 Å². The Bertz CT molecular complexity index is 426. The third-order valence-corrected chi connectivity index (χ3v) is 2.20. The molecule has 1 aromatic carbocycles. The molecule has 0 spiro atoms. The van der Waals surface area contributed by atoms with Gasteiger partial charge in [-0.05, 0) is 30.7 Å². The average Bonchev–Trinajstić information content (AvgIpc) is 2.37. The Labute approximate surface area is 106 Å². The molecule has 1 aromatic rings. The zero-order valence-electron chi connectivity index (χ0n) is 10.6. The van der Waals surface area contributed by atoms with Gasteiger partial charge in [0.05, 0.1) is 20.8 Å². The normalized spacial score (nSPS) is 10.4. The molecule has 1 rings (SSSR count). The maximum atomic E-state index is 11.2. The molecule has 1 N–H and O–H groups in total. The summed E-state index contributed by atoms with van der Waals surface area (Å²) < 4.78 is 14.8. The topological polar surface area (TPSA) is 65.0 Å². The molecule has 0 unspecified atom stereocenters. The van der Waals surface area contributed by atoms with Crippen LogP contribution < -0.4 is 9.47 Å². The van der Waals surface area contributed by atoms with Crippen LogP contribution in [0.3, 0.4) is 0 Å². The van der Waals surface area contributed by atoms with Gasteiger partial charge in [0.15, 0.2) is 11.5 Å². The van der Waals surface area contributed by atoms with Crippen molar-refractivity contribution in [2.24, 2.45) is 0 Å². The summed E-state index contributed by atoms with van der Waals surface area (Å²) in [5.74, 6) is 0.0486. The number of hydrogen-bond acceptors (Lipinski definition) is 5. The first kappa shape index (κ1) is 13.9. The highest BCUT2D eigenvalue weighted by Gasteiger charge is 2.10. The van der Waals surface area contributed by atoms with Crippen LogP contribution in [0.5, 0.6) is 17.2 Å². The second kappa shape index (κ2) is 6.54. The van der Waals surface area contributed by atoms with Gasteiger partial charge in [-0.3, -0.25) is 0 Å². The number of hydrogen-bond donors (Lipinski definition) is 1. The summed E-state index contributed by atoms with van der Waals surface area (Å²) in [6.45, 7) is 2.06. The fourth-order valence-corrected chi connectivity index (χ4v) is 1.36. The van der Waals surface area contributed by atoms with E-state index in [0.29, 0.717) is 12.2 Å². The van der Waals surface area contributed by atoms with Crippen molar-refractivity contribution in [1.82, 2.24) is 0 Å². The van der Waals surface area contributed by atoms with Gasteiger partial charge >= 0.3 is 5.97 Å². The molecule has 5 nitrogen and oxygen atoms in total. The lowest BCUT2D eigenvalue weighted by Gasteiger charge is -2.09. The van der Waals surface area contributed by atoms with Gasteiger partial charge < -0.3 is 19.3 Å². The van der Waals surface area contributed by atoms with Crippen LogP contribution in [0.2, 0.25) is 0 Å². The summed E-state index contributed by atoms with van der Waals surface area (Å²) in [6, 6.07) is 3.18. The fraction of sp³-hybridized carbons (Fsp3) is 0.308. The van der Waals surface area contributed by atoms with E-state index in [0.717, 1.165) is 0 Å². The molecule has 0 aliphatic rings. The number of methoxy groups -OCH3 is 2. The summed E-state index contributed by atoms with van der Waals surface area (Å²) in [7, 11) is 2.88. The van der Waals surface area contributed by atoms with Crippen LogP contribution in [0.1, 0.15) is 12.5 Å². The maximum Gasteiger partial charge on any atom is 0.330 e. The highest BCUT2D eigenvalue weighted by molar-refractivity contribution is 5.87. The SMILES string of the molecule is CCOC(=O)/C=C\c1cc(OC)c(O)c(OC)c1. The molecular formula is C13H16O5. The zero-order valence-corrected chi connectivity index (χ0v) is 10.6. The number of carbonyl (C=O) groups is 1. The number of phenols is 1. The van der Waals surface area contributed by atoms with Crippen LogP contribution in [0, 0.1) is 0 Å². The molecule has 5 heteroatoms. The van der Waals surface area contributed by atoms with Crippen LogP contribution in [0.25, 0.3) is 6.08 Å². The predicted molar refractivity (Wildman–Crippen MR) is 66.9 cm³/mol. The van der Waals surface area contributed by atoms with E-state index >= 15 is 0 Å². The molecule has 0 bridgehead atoms. The van der Waals surface area contributed by atoms with Crippen molar-refractivity contribution < 1.29 is 24.1 Å². The second-order valence-electron chi connectivity index (χ2n) is 3.36. The number of carbonyl (C=O) groups excluding carboxylic acids is 1. The highest BCUT2D eigenvalue weighted by Crippen LogP contribution is 2.37. The molecule has 0 aliphatic heterocycles. The standard InChI is InChI=1S/C13H16O5/c1-4-18-12(14)6-5-9-7-10(16-2)13(15)11(8-9)17-3/h5-8,15H,4H2,1-3H3/b6-5-. The van der Waals surface area contributed by atoms with Gasteiger partial charge in [0.1, 0.15) is 0 Å². The molecule has 0 saturated carbocycles. The van der Waals surface area contributed by atoms with E-state index in [9.17, 15) is 9.90 Å². The minimum atomic E-state index is -0.427. The van der Waals surface area contributed by atoms with Crippen molar-refractivity contribution in [1.29, 1.82) is 0 Å². The van der Waals surface area contributed by atoms with Crippen LogP contribution in [0.15, 0.2) is 18.2 Å². The highest BCUT2D eigenvalue weighted by atomic mass is 16.5. The van der Waals surface area contributed by atoms with E-state index in [1.54, 1.807) is 25.1 Å². The molecular weight excluding hydrogens is 236 g/mol. The first-order chi connectivity index (χ1) is 8.62. The van der Waals surface area contributed by atoms with Gasteiger partial charge in [0.25, 0.3) is 0 Å². The van der Waals surface area contributed by atoms with E-state index < -0.39 is 5.97 Å². The molecule has 0 heterocycles. The van der Waals surface area contributed by atoms with Gasteiger partial charge in [-0.1, -0.05) is 0 Å². The molecule has 0 saturated heterocycles. The second-order valence-corrected chi connectivity index (χ2v) is 3.36. The molecule has 0 amide bonds. The first-order valence-corrected chi connectivity index (χ1v) is 5.42. The van der Waals surface area contributed by atoms with Crippen molar-refractivity contribution in [3.05, 3.63) is 23.8 Å². The van der Waals surface area contributed by atoms with Gasteiger partial charge in [-0.2, -0.15) is 0 Å². The summed E-state index contributed by atoms with van der Waals surface area (Å²) in [6.07, 6.45) is 2.86. The average molecular weight is 252 g/mol. The van der Waals surface area contributed by atoms with E-state index in [1.165, 1.54) is 20.3 Å². The van der Waals surface area contributed by atoms with Crippen molar-refractivity contribution >= 4 is 12.0 Å². The lowest BCUT2D eigenvalue weighted by atomic mass is 10.1.